The third kappa shape index (κ3) is 4.92. The Morgan fingerprint density at radius 2 is 1.83 bits per heavy atom. The van der Waals surface area contributed by atoms with Gasteiger partial charge in [0, 0.05) is 46.4 Å². The molecule has 4 aromatic rings. The van der Waals surface area contributed by atoms with Crippen molar-refractivity contribution in [2.45, 2.75) is 62.8 Å². The summed E-state index contributed by atoms with van der Waals surface area (Å²) in [5, 5.41) is 18.2. The standard InChI is InChI=1S/C30H26Cl2N4O5/c31-23-2-1-3-24(32)26(23)27-22(28(41-35-27)15-4-5-15)14-40-21-11-19-10-20(12-21)36(19)30(39)34-18-7-6-16-8-17(29(37)38)13-33-25(16)9-18/h1-3,6-9,13,15,19-21H,4-5,10-12,14H2,(H,34,39)(H,37,38). The van der Waals surface area contributed by atoms with Gasteiger partial charge in [0.25, 0.3) is 0 Å². The Kier molecular flexibility index (Phi) is 6.60. The molecule has 41 heavy (non-hydrogen) atoms. The average molecular weight is 593 g/mol. The fourth-order valence-electron chi connectivity index (χ4n) is 6.05. The van der Waals surface area contributed by atoms with E-state index in [1.54, 1.807) is 42.5 Å². The van der Waals surface area contributed by atoms with E-state index in [1.165, 1.54) is 6.20 Å². The predicted octanol–water partition coefficient (Wildman–Crippen LogP) is 7.13. The first-order valence-corrected chi connectivity index (χ1v) is 14.4. The Labute approximate surface area is 245 Å². The molecule has 2 bridgehead atoms. The third-order valence-electron chi connectivity index (χ3n) is 8.25. The summed E-state index contributed by atoms with van der Waals surface area (Å²) >= 11 is 13.0. The van der Waals surface area contributed by atoms with Crippen LogP contribution in [0.2, 0.25) is 10.0 Å². The van der Waals surface area contributed by atoms with Crippen LogP contribution in [0.1, 0.15) is 59.7 Å². The highest BCUT2D eigenvalue weighted by molar-refractivity contribution is 6.39. The van der Waals surface area contributed by atoms with Crippen molar-refractivity contribution in [3.8, 4) is 11.3 Å². The summed E-state index contributed by atoms with van der Waals surface area (Å²) in [6.45, 7) is 0.343. The summed E-state index contributed by atoms with van der Waals surface area (Å²) in [4.78, 5) is 30.5. The molecule has 4 fully saturated rings. The van der Waals surface area contributed by atoms with Gasteiger partial charge in [0.1, 0.15) is 11.5 Å². The molecule has 11 heteroatoms. The number of fused-ring (bicyclic) bond motifs is 3. The Morgan fingerprint density at radius 1 is 1.07 bits per heavy atom. The maximum atomic E-state index is 13.2. The molecule has 0 spiro atoms. The molecule has 4 heterocycles. The van der Waals surface area contributed by atoms with Crippen LogP contribution in [0, 0.1) is 0 Å². The number of amides is 2. The van der Waals surface area contributed by atoms with Crippen molar-refractivity contribution in [2.75, 3.05) is 5.32 Å². The highest BCUT2D eigenvalue weighted by atomic mass is 35.5. The number of carboxylic acid groups (broad SMARTS) is 1. The molecule has 9 nitrogen and oxygen atoms in total. The number of carbonyl (C=O) groups excluding carboxylic acids is 1. The molecular weight excluding hydrogens is 567 g/mol. The average Bonchev–Trinajstić information content (AvgIpc) is 3.71. The van der Waals surface area contributed by atoms with E-state index in [1.807, 2.05) is 4.90 Å². The third-order valence-corrected chi connectivity index (χ3v) is 8.88. The van der Waals surface area contributed by atoms with E-state index in [0.717, 1.165) is 43.4 Å². The molecule has 2 aromatic heterocycles. The summed E-state index contributed by atoms with van der Waals surface area (Å²) in [6.07, 6.45) is 5.88. The van der Waals surface area contributed by atoms with E-state index in [9.17, 15) is 14.7 Å². The molecule has 2 aliphatic carbocycles. The molecule has 2 N–H and O–H groups in total. The monoisotopic (exact) mass is 592 g/mol. The summed E-state index contributed by atoms with van der Waals surface area (Å²) in [5.74, 6) is 0.167. The van der Waals surface area contributed by atoms with Crippen molar-refractivity contribution in [1.29, 1.82) is 0 Å². The van der Waals surface area contributed by atoms with E-state index in [2.05, 4.69) is 15.5 Å². The minimum absolute atomic E-state index is 0.00706. The van der Waals surface area contributed by atoms with Crippen LogP contribution in [-0.2, 0) is 11.3 Å². The molecule has 4 aliphatic rings. The Hall–Kier alpha value is -3.66. The number of aromatic carboxylic acids is 1. The molecule has 2 saturated heterocycles. The Balaban J connectivity index is 1.01. The maximum absolute atomic E-state index is 13.2. The molecule has 2 aromatic carbocycles. The lowest BCUT2D eigenvalue weighted by molar-refractivity contribution is -0.0837. The number of nitrogens with zero attached hydrogens (tertiary/aromatic N) is 3. The van der Waals surface area contributed by atoms with Gasteiger partial charge >= 0.3 is 12.0 Å². The van der Waals surface area contributed by atoms with Crippen molar-refractivity contribution < 1.29 is 24.0 Å². The van der Waals surface area contributed by atoms with Crippen molar-refractivity contribution in [3.05, 3.63) is 75.6 Å². The van der Waals surface area contributed by atoms with Gasteiger partial charge in [-0.2, -0.15) is 0 Å². The lowest BCUT2D eigenvalue weighted by Crippen LogP contribution is -2.65. The lowest BCUT2D eigenvalue weighted by Gasteiger charge is -2.54. The number of urea groups is 1. The van der Waals surface area contributed by atoms with Gasteiger partial charge < -0.3 is 24.6 Å². The van der Waals surface area contributed by atoms with Crippen LogP contribution in [0.4, 0.5) is 10.5 Å². The molecule has 2 saturated carbocycles. The number of hydrogen-bond donors (Lipinski definition) is 2. The minimum atomic E-state index is -1.03. The molecule has 210 valence electrons. The van der Waals surface area contributed by atoms with E-state index in [-0.39, 0.29) is 29.8 Å². The van der Waals surface area contributed by atoms with Gasteiger partial charge in [-0.05, 0) is 62.4 Å². The predicted molar refractivity (Wildman–Crippen MR) is 153 cm³/mol. The summed E-state index contributed by atoms with van der Waals surface area (Å²) in [5.41, 5.74) is 3.54. The van der Waals surface area contributed by atoms with Crippen molar-refractivity contribution in [1.82, 2.24) is 15.0 Å². The van der Waals surface area contributed by atoms with Gasteiger partial charge in [-0.3, -0.25) is 4.98 Å². The smallest absolute Gasteiger partial charge is 0.337 e. The van der Waals surface area contributed by atoms with Gasteiger partial charge in [0.15, 0.2) is 0 Å². The number of pyridine rings is 1. The van der Waals surface area contributed by atoms with Crippen LogP contribution in [0.3, 0.4) is 0 Å². The highest BCUT2D eigenvalue weighted by Gasteiger charge is 2.48. The van der Waals surface area contributed by atoms with Crippen LogP contribution < -0.4 is 5.32 Å². The van der Waals surface area contributed by atoms with Crippen molar-refractivity contribution >= 4 is 51.8 Å². The number of benzene rings is 2. The molecule has 2 aliphatic heterocycles. The number of ether oxygens (including phenoxy) is 1. The van der Waals surface area contributed by atoms with Crippen LogP contribution in [0.25, 0.3) is 22.2 Å². The van der Waals surface area contributed by atoms with Gasteiger partial charge in [-0.15, -0.1) is 0 Å². The number of carboxylic acids is 1. The topological polar surface area (TPSA) is 118 Å². The van der Waals surface area contributed by atoms with Gasteiger partial charge in [-0.1, -0.05) is 40.5 Å². The number of hydrogen-bond acceptors (Lipinski definition) is 6. The van der Waals surface area contributed by atoms with Gasteiger partial charge in [0.05, 0.1) is 33.8 Å². The van der Waals surface area contributed by atoms with E-state index in [0.29, 0.717) is 50.4 Å². The van der Waals surface area contributed by atoms with Crippen molar-refractivity contribution in [2.24, 2.45) is 0 Å². The second-order valence-electron chi connectivity index (χ2n) is 11.0. The second kappa shape index (κ2) is 10.3. The zero-order valence-corrected chi connectivity index (χ0v) is 23.4. The minimum Gasteiger partial charge on any atom is -0.478 e. The first kappa shape index (κ1) is 26.3. The largest absolute Gasteiger partial charge is 0.478 e. The van der Waals surface area contributed by atoms with Crippen LogP contribution >= 0.6 is 23.2 Å². The quantitative estimate of drug-likeness (QED) is 0.234. The molecule has 2 atom stereocenters. The van der Waals surface area contributed by atoms with Crippen LogP contribution in [-0.4, -0.2) is 50.3 Å². The van der Waals surface area contributed by atoms with E-state index >= 15 is 0 Å². The normalized spacial score (nSPS) is 21.5. The molecule has 2 unspecified atom stereocenters. The molecule has 2 amide bonds. The number of halogens is 2. The first-order valence-electron chi connectivity index (χ1n) is 13.6. The van der Waals surface area contributed by atoms with Crippen LogP contribution in [0.5, 0.6) is 0 Å². The van der Waals surface area contributed by atoms with Crippen LogP contribution in [0.15, 0.2) is 53.2 Å². The first-order chi connectivity index (χ1) is 19.9. The number of nitrogens with one attached hydrogen (secondary N) is 1. The maximum Gasteiger partial charge on any atom is 0.337 e. The zero-order chi connectivity index (χ0) is 28.2. The Morgan fingerprint density at radius 3 is 2.54 bits per heavy atom. The lowest BCUT2D eigenvalue weighted by atomic mass is 9.78. The molecule has 8 rings (SSSR count). The Bertz CT molecular complexity index is 1650. The van der Waals surface area contributed by atoms with E-state index < -0.39 is 5.97 Å². The summed E-state index contributed by atoms with van der Waals surface area (Å²) in [7, 11) is 0. The summed E-state index contributed by atoms with van der Waals surface area (Å²) in [6, 6.07) is 12.2. The number of carbonyl (C=O) groups is 2. The van der Waals surface area contributed by atoms with E-state index in [4.69, 9.17) is 32.5 Å². The highest BCUT2D eigenvalue weighted by Crippen LogP contribution is 2.47. The van der Waals surface area contributed by atoms with Gasteiger partial charge in [-0.25, -0.2) is 9.59 Å². The zero-order valence-electron chi connectivity index (χ0n) is 21.8. The number of piperidine rings is 1. The number of aromatic nitrogens is 2. The van der Waals surface area contributed by atoms with Crippen molar-refractivity contribution in [3.63, 3.8) is 0 Å². The summed E-state index contributed by atoms with van der Waals surface area (Å²) < 4.78 is 12.2. The second-order valence-corrected chi connectivity index (χ2v) is 11.8. The van der Waals surface area contributed by atoms with Gasteiger partial charge in [0.2, 0.25) is 0 Å². The molecule has 0 radical (unpaired) electrons. The SMILES string of the molecule is O=C(O)c1cnc2cc(NC(=O)N3C4CC(OCc5c(-c6c(Cl)cccc6Cl)noc5C5CC5)CC3C4)ccc2c1. The fourth-order valence-corrected chi connectivity index (χ4v) is 6.62. The number of rotatable bonds is 7. The fraction of sp³-hybridized carbons (Fsp3) is 0.333. The molecular formula is C30H26Cl2N4O5. The number of anilines is 1.